The molecule has 0 fully saturated rings. The molecule has 0 aliphatic rings. The van der Waals surface area contributed by atoms with Gasteiger partial charge in [0, 0.05) is 16.1 Å². The van der Waals surface area contributed by atoms with E-state index in [0.29, 0.717) is 32.1 Å². The molecule has 0 radical (unpaired) electrons. The number of hydrogen-bond donors (Lipinski definition) is 1. The van der Waals surface area contributed by atoms with E-state index in [4.69, 9.17) is 50.0 Å². The van der Waals surface area contributed by atoms with E-state index in [-0.39, 0.29) is 0 Å². The first-order valence-corrected chi connectivity index (χ1v) is 11.0. The monoisotopic (exact) mass is 492 g/mol. The smallest absolute Gasteiger partial charge is 0.409 e. The van der Waals surface area contributed by atoms with E-state index < -0.39 is 12.2 Å². The maximum Gasteiger partial charge on any atom is 0.409 e. The summed E-state index contributed by atoms with van der Waals surface area (Å²) in [6, 6.07) is 16.0. The van der Waals surface area contributed by atoms with Crippen molar-refractivity contribution < 1.29 is 14.3 Å². The van der Waals surface area contributed by atoms with Gasteiger partial charge in [0.1, 0.15) is 22.6 Å². The summed E-state index contributed by atoms with van der Waals surface area (Å²) in [5.74, 6) is 1.04. The molecule has 9 heteroatoms. The Morgan fingerprint density at radius 2 is 1.68 bits per heavy atom. The van der Waals surface area contributed by atoms with Gasteiger partial charge in [-0.05, 0) is 61.5 Å². The van der Waals surface area contributed by atoms with E-state index in [2.05, 4.69) is 4.98 Å². The lowest BCUT2D eigenvalue weighted by Crippen LogP contribution is -2.16. The van der Waals surface area contributed by atoms with E-state index in [1.165, 1.54) is 11.3 Å². The average molecular weight is 494 g/mol. The summed E-state index contributed by atoms with van der Waals surface area (Å²) in [7, 11) is 0. The number of aromatic nitrogens is 1. The van der Waals surface area contributed by atoms with Gasteiger partial charge in [0.05, 0.1) is 20.3 Å². The highest BCUT2D eigenvalue weighted by Crippen LogP contribution is 2.39. The van der Waals surface area contributed by atoms with Crippen LogP contribution in [0.3, 0.4) is 0 Å². The molecule has 1 unspecified atom stereocenters. The van der Waals surface area contributed by atoms with Gasteiger partial charge in [-0.2, -0.15) is 0 Å². The molecule has 0 bridgehead atoms. The van der Waals surface area contributed by atoms with E-state index in [0.717, 1.165) is 20.8 Å². The number of carbonyl (C=O) groups excluding carboxylic acids is 1. The molecule has 1 aromatic heterocycles. The zero-order valence-electron chi connectivity index (χ0n) is 16.1. The number of thiazole rings is 1. The van der Waals surface area contributed by atoms with E-state index in [1.54, 1.807) is 24.3 Å². The lowest BCUT2D eigenvalue weighted by Gasteiger charge is -2.18. The summed E-state index contributed by atoms with van der Waals surface area (Å²) in [5, 5.41) is 2.12. The summed E-state index contributed by atoms with van der Waals surface area (Å²) in [6.45, 7) is 1.86. The summed E-state index contributed by atoms with van der Waals surface area (Å²) < 4.78 is 11.9. The van der Waals surface area contributed by atoms with E-state index in [1.807, 2.05) is 37.3 Å². The molecule has 0 saturated heterocycles. The van der Waals surface area contributed by atoms with E-state index >= 15 is 0 Å². The van der Waals surface area contributed by atoms with Crippen LogP contribution in [0.2, 0.25) is 15.1 Å². The maximum absolute atomic E-state index is 10.9. The zero-order chi connectivity index (χ0) is 22.1. The number of hydrogen-bond acceptors (Lipinski definition) is 5. The fourth-order valence-electron chi connectivity index (χ4n) is 3.06. The van der Waals surface area contributed by atoms with Crippen LogP contribution in [0.15, 0.2) is 54.6 Å². The molecule has 4 rings (SSSR count). The summed E-state index contributed by atoms with van der Waals surface area (Å²) >= 11 is 20.3. The Kier molecular flexibility index (Phi) is 6.25. The number of benzene rings is 3. The first kappa shape index (κ1) is 21.7. The second kappa shape index (κ2) is 8.93. The fourth-order valence-corrected chi connectivity index (χ4v) is 4.90. The van der Waals surface area contributed by atoms with Crippen LogP contribution in [-0.4, -0.2) is 11.1 Å². The van der Waals surface area contributed by atoms with Crippen molar-refractivity contribution in [2.75, 3.05) is 0 Å². The number of fused-ring (bicyclic) bond motifs is 1. The van der Waals surface area contributed by atoms with Crippen molar-refractivity contribution in [3.05, 3.63) is 75.2 Å². The molecule has 1 atom stereocenters. The predicted octanol–water partition coefficient (Wildman–Crippen LogP) is 7.52. The molecular formula is C22H15Cl3N2O3S. The minimum Gasteiger partial charge on any atom is -0.486 e. The van der Waals surface area contributed by atoms with Crippen LogP contribution in [0.4, 0.5) is 4.79 Å². The number of nitrogens with zero attached hydrogens (tertiary/aromatic N) is 1. The molecule has 0 aliphatic carbocycles. The summed E-state index contributed by atoms with van der Waals surface area (Å²) in [4.78, 5) is 15.5. The molecule has 5 nitrogen and oxygen atoms in total. The Morgan fingerprint density at radius 3 is 2.39 bits per heavy atom. The van der Waals surface area contributed by atoms with Crippen LogP contribution >= 0.6 is 46.1 Å². The first-order valence-electron chi connectivity index (χ1n) is 9.10. The minimum atomic E-state index is -0.852. The third-order valence-corrected chi connectivity index (χ3v) is 6.69. The van der Waals surface area contributed by atoms with Gasteiger partial charge in [-0.25, -0.2) is 9.78 Å². The van der Waals surface area contributed by atoms with Crippen LogP contribution in [0.25, 0.3) is 20.8 Å². The Hall–Kier alpha value is -2.51. The number of ether oxygens (including phenoxy) is 2. The van der Waals surface area contributed by atoms with Crippen LogP contribution in [0, 0.1) is 0 Å². The number of rotatable bonds is 5. The van der Waals surface area contributed by atoms with Crippen LogP contribution < -0.4 is 15.2 Å². The molecule has 158 valence electrons. The molecule has 4 aromatic rings. The van der Waals surface area contributed by atoms with Crippen molar-refractivity contribution in [1.29, 1.82) is 0 Å². The predicted molar refractivity (Wildman–Crippen MR) is 126 cm³/mol. The summed E-state index contributed by atoms with van der Waals surface area (Å²) in [6.07, 6.45) is -1.25. The highest BCUT2D eigenvalue weighted by atomic mass is 35.5. The molecular weight excluding hydrogens is 479 g/mol. The second-order valence-electron chi connectivity index (χ2n) is 6.61. The summed E-state index contributed by atoms with van der Waals surface area (Å²) in [5.41, 5.74) is 7.41. The van der Waals surface area contributed by atoms with Gasteiger partial charge in [-0.15, -0.1) is 11.3 Å². The molecule has 31 heavy (non-hydrogen) atoms. The molecule has 1 heterocycles. The first-order chi connectivity index (χ1) is 14.8. The normalized spacial score (nSPS) is 12.0. The number of amides is 1. The third kappa shape index (κ3) is 4.72. The van der Waals surface area contributed by atoms with Gasteiger partial charge < -0.3 is 15.2 Å². The quantitative estimate of drug-likeness (QED) is 0.292. The standard InChI is InChI=1S/C22H15Cl3N2O3S/c1-11(19-15(23)7-8-16(24)20(19)25)29-14-6-9-17-18(10-14)31-21(27-17)12-2-4-13(5-3-12)30-22(26)28/h2-11H,1H3,(H2,26,28). The Bertz CT molecular complexity index is 1280. The SMILES string of the molecule is CC(Oc1ccc2nc(-c3ccc(OC(N)=O)cc3)sc2c1)c1c(Cl)ccc(Cl)c1Cl. The Balaban J connectivity index is 1.58. The van der Waals surface area contributed by atoms with Crippen molar-refractivity contribution in [2.24, 2.45) is 5.73 Å². The maximum atomic E-state index is 10.9. The lowest BCUT2D eigenvalue weighted by atomic mass is 10.1. The highest BCUT2D eigenvalue weighted by molar-refractivity contribution is 7.21. The van der Waals surface area contributed by atoms with Gasteiger partial charge in [0.25, 0.3) is 0 Å². The van der Waals surface area contributed by atoms with Gasteiger partial charge in [0.15, 0.2) is 0 Å². The lowest BCUT2D eigenvalue weighted by molar-refractivity contribution is 0.211. The van der Waals surface area contributed by atoms with Crippen LogP contribution in [0.5, 0.6) is 11.5 Å². The fraction of sp³-hybridized carbons (Fsp3) is 0.0909. The number of halogens is 3. The van der Waals surface area contributed by atoms with Crippen LogP contribution in [0.1, 0.15) is 18.6 Å². The average Bonchev–Trinajstić information content (AvgIpc) is 3.14. The van der Waals surface area contributed by atoms with Crippen molar-refractivity contribution in [1.82, 2.24) is 4.98 Å². The van der Waals surface area contributed by atoms with Crippen molar-refractivity contribution >= 4 is 62.4 Å². The van der Waals surface area contributed by atoms with Gasteiger partial charge in [0.2, 0.25) is 0 Å². The zero-order valence-corrected chi connectivity index (χ0v) is 19.1. The van der Waals surface area contributed by atoms with Crippen molar-refractivity contribution in [2.45, 2.75) is 13.0 Å². The van der Waals surface area contributed by atoms with E-state index in [9.17, 15) is 4.79 Å². The molecule has 1 amide bonds. The Morgan fingerprint density at radius 1 is 1.00 bits per heavy atom. The number of carbonyl (C=O) groups is 1. The Labute approximate surface area is 197 Å². The van der Waals surface area contributed by atoms with Gasteiger partial charge in [-0.3, -0.25) is 0 Å². The van der Waals surface area contributed by atoms with Gasteiger partial charge >= 0.3 is 6.09 Å². The molecule has 0 aliphatic heterocycles. The van der Waals surface area contributed by atoms with Crippen molar-refractivity contribution in [3.63, 3.8) is 0 Å². The van der Waals surface area contributed by atoms with Gasteiger partial charge in [-0.1, -0.05) is 34.8 Å². The molecule has 2 N–H and O–H groups in total. The second-order valence-corrected chi connectivity index (χ2v) is 8.83. The highest BCUT2D eigenvalue weighted by Gasteiger charge is 2.18. The molecule has 3 aromatic carbocycles. The number of nitrogens with two attached hydrogens (primary N) is 1. The largest absolute Gasteiger partial charge is 0.486 e. The molecule has 0 spiro atoms. The minimum absolute atomic E-state index is 0.375. The van der Waals surface area contributed by atoms with Crippen molar-refractivity contribution in [3.8, 4) is 22.1 Å². The topological polar surface area (TPSA) is 74.4 Å². The van der Waals surface area contributed by atoms with Crippen LogP contribution in [-0.2, 0) is 0 Å². The number of primary amides is 1. The molecule has 0 saturated carbocycles. The third-order valence-electron chi connectivity index (χ3n) is 4.48.